The van der Waals surface area contributed by atoms with Gasteiger partial charge in [0.05, 0.1) is 12.8 Å². The Kier molecular flexibility index (Phi) is 4.84. The van der Waals surface area contributed by atoms with E-state index in [-0.39, 0.29) is 6.03 Å². The lowest BCUT2D eigenvalue weighted by atomic mass is 10.3. The normalized spacial score (nSPS) is 10.2. The van der Waals surface area contributed by atoms with Crippen molar-refractivity contribution in [1.29, 1.82) is 0 Å². The zero-order chi connectivity index (χ0) is 13.7. The summed E-state index contributed by atoms with van der Waals surface area (Å²) in [4.78, 5) is 13.8. The fourth-order valence-corrected chi connectivity index (χ4v) is 2.01. The third kappa shape index (κ3) is 3.99. The first-order valence-electron chi connectivity index (χ1n) is 6.03. The average Bonchev–Trinajstić information content (AvgIpc) is 2.91. The van der Waals surface area contributed by atoms with E-state index in [2.05, 4.69) is 27.9 Å². The molecule has 19 heavy (non-hydrogen) atoms. The minimum absolute atomic E-state index is 0.125. The second-order valence-electron chi connectivity index (χ2n) is 4.03. The van der Waals surface area contributed by atoms with E-state index in [4.69, 9.17) is 4.42 Å². The van der Waals surface area contributed by atoms with Crippen molar-refractivity contribution >= 4 is 34.3 Å². The molecule has 0 atom stereocenters. The van der Waals surface area contributed by atoms with Crippen LogP contribution < -0.4 is 5.32 Å². The fraction of sp³-hybridized carbons (Fsp3) is 0.214. The molecule has 4 nitrogen and oxygen atoms in total. The number of furan rings is 1. The van der Waals surface area contributed by atoms with Crippen LogP contribution in [0.3, 0.4) is 0 Å². The molecule has 100 valence electrons. The molecule has 2 amide bonds. The highest BCUT2D eigenvalue weighted by atomic mass is 127. The zero-order valence-electron chi connectivity index (χ0n) is 10.6. The maximum atomic E-state index is 12.1. The van der Waals surface area contributed by atoms with Gasteiger partial charge in [0.15, 0.2) is 0 Å². The number of anilines is 1. The molecule has 0 bridgehead atoms. The summed E-state index contributed by atoms with van der Waals surface area (Å²) in [5, 5.41) is 2.87. The van der Waals surface area contributed by atoms with E-state index in [1.165, 1.54) is 0 Å². The van der Waals surface area contributed by atoms with E-state index in [1.807, 2.05) is 43.3 Å². The quantitative estimate of drug-likeness (QED) is 0.829. The maximum Gasteiger partial charge on any atom is 0.322 e. The Hall–Kier alpha value is -1.50. The lowest BCUT2D eigenvalue weighted by molar-refractivity contribution is 0.207. The van der Waals surface area contributed by atoms with Crippen LogP contribution in [0.1, 0.15) is 12.7 Å². The summed E-state index contributed by atoms with van der Waals surface area (Å²) < 4.78 is 6.40. The summed E-state index contributed by atoms with van der Waals surface area (Å²) in [6.07, 6.45) is 1.61. The standard InChI is InChI=1S/C14H15IN2O2/c1-2-17(10-13-4-3-9-19-13)14(18)16-12-7-5-11(15)6-8-12/h3-9H,2,10H2,1H3,(H,16,18). The third-order valence-corrected chi connectivity index (χ3v) is 3.41. The van der Waals surface area contributed by atoms with Gasteiger partial charge in [0, 0.05) is 15.8 Å². The van der Waals surface area contributed by atoms with Gasteiger partial charge in [-0.2, -0.15) is 0 Å². The molecule has 5 heteroatoms. The second-order valence-corrected chi connectivity index (χ2v) is 5.28. The molecule has 2 rings (SSSR count). The van der Waals surface area contributed by atoms with E-state index < -0.39 is 0 Å². The van der Waals surface area contributed by atoms with Gasteiger partial charge in [-0.15, -0.1) is 0 Å². The molecule has 0 aliphatic heterocycles. The molecule has 1 N–H and O–H groups in total. The molecule has 0 spiro atoms. The van der Waals surface area contributed by atoms with Crippen LogP contribution in [0.2, 0.25) is 0 Å². The smallest absolute Gasteiger partial charge is 0.322 e. The van der Waals surface area contributed by atoms with Crippen LogP contribution in [0, 0.1) is 3.57 Å². The summed E-state index contributed by atoms with van der Waals surface area (Å²) >= 11 is 2.23. The first kappa shape index (κ1) is 13.9. The van der Waals surface area contributed by atoms with Crippen LogP contribution in [0.5, 0.6) is 0 Å². The Labute approximate surface area is 125 Å². The molecule has 0 saturated heterocycles. The molecule has 2 aromatic rings. The predicted octanol–water partition coefficient (Wildman–Crippen LogP) is 3.94. The highest BCUT2D eigenvalue weighted by Crippen LogP contribution is 2.13. The Bertz CT molecular complexity index is 523. The molecule has 0 aliphatic carbocycles. The number of benzene rings is 1. The number of urea groups is 1. The van der Waals surface area contributed by atoms with Crippen LogP contribution in [-0.4, -0.2) is 17.5 Å². The van der Waals surface area contributed by atoms with Crippen LogP contribution in [0.4, 0.5) is 10.5 Å². The molecular formula is C14H15IN2O2. The summed E-state index contributed by atoms with van der Waals surface area (Å²) in [5.74, 6) is 0.777. The monoisotopic (exact) mass is 370 g/mol. The lowest BCUT2D eigenvalue weighted by Crippen LogP contribution is -2.34. The molecule has 1 aromatic heterocycles. The van der Waals surface area contributed by atoms with E-state index in [0.717, 1.165) is 15.0 Å². The van der Waals surface area contributed by atoms with Crippen molar-refractivity contribution in [1.82, 2.24) is 4.90 Å². The minimum Gasteiger partial charge on any atom is -0.467 e. The van der Waals surface area contributed by atoms with Crippen LogP contribution in [-0.2, 0) is 6.54 Å². The Morgan fingerprint density at radius 3 is 2.63 bits per heavy atom. The van der Waals surface area contributed by atoms with Crippen molar-refractivity contribution < 1.29 is 9.21 Å². The second kappa shape index (κ2) is 6.60. The number of halogens is 1. The van der Waals surface area contributed by atoms with Gasteiger partial charge in [0.25, 0.3) is 0 Å². The first-order chi connectivity index (χ1) is 9.19. The summed E-state index contributed by atoms with van der Waals surface area (Å²) in [7, 11) is 0. The molecule has 1 heterocycles. The molecule has 0 unspecified atom stereocenters. The summed E-state index contributed by atoms with van der Waals surface area (Å²) in [6.45, 7) is 3.03. The van der Waals surface area contributed by atoms with Crippen molar-refractivity contribution in [2.75, 3.05) is 11.9 Å². The predicted molar refractivity (Wildman–Crippen MR) is 83.0 cm³/mol. The Balaban J connectivity index is 1.98. The number of hydrogen-bond acceptors (Lipinski definition) is 2. The molecule has 0 saturated carbocycles. The third-order valence-electron chi connectivity index (χ3n) is 2.69. The van der Waals surface area contributed by atoms with Gasteiger partial charge in [-0.3, -0.25) is 0 Å². The largest absolute Gasteiger partial charge is 0.467 e. The van der Waals surface area contributed by atoms with Gasteiger partial charge in [-0.05, 0) is 65.9 Å². The van der Waals surface area contributed by atoms with Crippen molar-refractivity contribution in [3.63, 3.8) is 0 Å². The number of nitrogens with one attached hydrogen (secondary N) is 1. The maximum absolute atomic E-state index is 12.1. The van der Waals surface area contributed by atoms with E-state index in [0.29, 0.717) is 13.1 Å². The number of carbonyl (C=O) groups is 1. The van der Waals surface area contributed by atoms with Crippen molar-refractivity contribution in [3.8, 4) is 0 Å². The average molecular weight is 370 g/mol. The van der Waals surface area contributed by atoms with Crippen molar-refractivity contribution in [2.24, 2.45) is 0 Å². The van der Waals surface area contributed by atoms with Crippen LogP contribution >= 0.6 is 22.6 Å². The molecule has 0 fully saturated rings. The highest BCUT2D eigenvalue weighted by molar-refractivity contribution is 14.1. The fourth-order valence-electron chi connectivity index (χ4n) is 1.65. The highest BCUT2D eigenvalue weighted by Gasteiger charge is 2.13. The van der Waals surface area contributed by atoms with Gasteiger partial charge >= 0.3 is 6.03 Å². The van der Waals surface area contributed by atoms with Gasteiger partial charge in [0.1, 0.15) is 5.76 Å². The Morgan fingerprint density at radius 1 is 1.32 bits per heavy atom. The van der Waals surface area contributed by atoms with Gasteiger partial charge < -0.3 is 14.6 Å². The van der Waals surface area contributed by atoms with Gasteiger partial charge in [-0.1, -0.05) is 0 Å². The van der Waals surface area contributed by atoms with Gasteiger partial charge in [0.2, 0.25) is 0 Å². The van der Waals surface area contributed by atoms with E-state index in [9.17, 15) is 4.79 Å². The van der Waals surface area contributed by atoms with E-state index in [1.54, 1.807) is 11.2 Å². The zero-order valence-corrected chi connectivity index (χ0v) is 12.8. The lowest BCUT2D eigenvalue weighted by Gasteiger charge is -2.20. The van der Waals surface area contributed by atoms with Crippen LogP contribution in [0.15, 0.2) is 47.1 Å². The minimum atomic E-state index is -0.125. The first-order valence-corrected chi connectivity index (χ1v) is 7.11. The van der Waals surface area contributed by atoms with Crippen LogP contribution in [0.25, 0.3) is 0 Å². The number of rotatable bonds is 4. The number of nitrogens with zero attached hydrogens (tertiary/aromatic N) is 1. The number of hydrogen-bond donors (Lipinski definition) is 1. The molecule has 0 aliphatic rings. The molecular weight excluding hydrogens is 355 g/mol. The van der Waals surface area contributed by atoms with Gasteiger partial charge in [-0.25, -0.2) is 4.79 Å². The van der Waals surface area contributed by atoms with E-state index >= 15 is 0 Å². The SMILES string of the molecule is CCN(Cc1ccco1)C(=O)Nc1ccc(I)cc1. The number of carbonyl (C=O) groups excluding carboxylic acids is 1. The molecule has 1 aromatic carbocycles. The van der Waals surface area contributed by atoms with Crippen molar-refractivity contribution in [2.45, 2.75) is 13.5 Å². The molecule has 0 radical (unpaired) electrons. The van der Waals surface area contributed by atoms with Crippen molar-refractivity contribution in [3.05, 3.63) is 52.0 Å². The topological polar surface area (TPSA) is 45.5 Å². The number of amides is 2. The summed E-state index contributed by atoms with van der Waals surface area (Å²) in [5.41, 5.74) is 0.795. The Morgan fingerprint density at radius 2 is 2.05 bits per heavy atom. The summed E-state index contributed by atoms with van der Waals surface area (Å²) in [6, 6.07) is 11.2.